The van der Waals surface area contributed by atoms with E-state index in [-0.39, 0.29) is 36.8 Å². The van der Waals surface area contributed by atoms with Gasteiger partial charge < -0.3 is 19.3 Å². The zero-order valence-electron chi connectivity index (χ0n) is 15.6. The van der Waals surface area contributed by atoms with Crippen LogP contribution in [0.2, 0.25) is 0 Å². The number of carbonyl (C=O) groups excluding carboxylic acids is 2. The summed E-state index contributed by atoms with van der Waals surface area (Å²) in [5.74, 6) is -0.00604. The molecule has 3 heterocycles. The van der Waals surface area contributed by atoms with Crippen LogP contribution >= 0.6 is 0 Å². The molecule has 3 aliphatic rings. The predicted octanol–water partition coefficient (Wildman–Crippen LogP) is 1.32. The Kier molecular flexibility index (Phi) is 5.84. The summed E-state index contributed by atoms with van der Waals surface area (Å²) >= 11 is 0. The molecule has 0 saturated carbocycles. The van der Waals surface area contributed by atoms with Crippen LogP contribution in [0.15, 0.2) is 0 Å². The first-order valence-corrected chi connectivity index (χ1v) is 9.59. The van der Waals surface area contributed by atoms with Gasteiger partial charge in [-0.1, -0.05) is 6.92 Å². The first kappa shape index (κ1) is 18.5. The Bertz CT molecular complexity index is 491. The standard InChI is InChI=1S/C18H31N3O4/c1-4-9-24-12-17(22)20-10-15-16(11-20)25-18(23)21(15)14-5-7-19(8-6-14)13(2)3/h13-16H,4-12H2,1-3H3/t15-,16+/m1/s1. The van der Waals surface area contributed by atoms with Gasteiger partial charge in [0.05, 0.1) is 12.6 Å². The highest BCUT2D eigenvalue weighted by molar-refractivity contribution is 5.79. The monoisotopic (exact) mass is 353 g/mol. The molecule has 3 saturated heterocycles. The van der Waals surface area contributed by atoms with Crippen molar-refractivity contribution in [2.75, 3.05) is 39.4 Å². The lowest BCUT2D eigenvalue weighted by Gasteiger charge is -2.39. The van der Waals surface area contributed by atoms with E-state index in [4.69, 9.17) is 9.47 Å². The number of ether oxygens (including phenoxy) is 2. The second kappa shape index (κ2) is 7.91. The summed E-state index contributed by atoms with van der Waals surface area (Å²) in [6.45, 7) is 10.2. The fourth-order valence-corrected chi connectivity index (χ4v) is 4.16. The van der Waals surface area contributed by atoms with E-state index < -0.39 is 0 Å². The Labute approximate surface area is 150 Å². The van der Waals surface area contributed by atoms with Gasteiger partial charge in [0.25, 0.3) is 0 Å². The minimum Gasteiger partial charge on any atom is -0.442 e. The van der Waals surface area contributed by atoms with Crippen LogP contribution in [-0.4, -0.2) is 90.3 Å². The van der Waals surface area contributed by atoms with Gasteiger partial charge in [0.2, 0.25) is 5.91 Å². The lowest BCUT2D eigenvalue weighted by atomic mass is 10.0. The number of likely N-dealkylation sites (tertiary alicyclic amines) is 2. The maximum absolute atomic E-state index is 12.4. The zero-order chi connectivity index (χ0) is 18.0. The summed E-state index contributed by atoms with van der Waals surface area (Å²) in [5, 5.41) is 0. The van der Waals surface area contributed by atoms with Gasteiger partial charge in [0.1, 0.15) is 12.7 Å². The Morgan fingerprint density at radius 1 is 1.28 bits per heavy atom. The molecule has 7 heteroatoms. The van der Waals surface area contributed by atoms with E-state index in [0.717, 1.165) is 32.4 Å². The Morgan fingerprint density at radius 2 is 2.00 bits per heavy atom. The van der Waals surface area contributed by atoms with E-state index in [0.29, 0.717) is 25.7 Å². The van der Waals surface area contributed by atoms with Gasteiger partial charge in [-0.05, 0) is 33.1 Å². The largest absolute Gasteiger partial charge is 0.442 e. The van der Waals surface area contributed by atoms with Crippen LogP contribution in [0.4, 0.5) is 4.79 Å². The van der Waals surface area contributed by atoms with Gasteiger partial charge in [-0.3, -0.25) is 9.69 Å². The third kappa shape index (κ3) is 3.92. The van der Waals surface area contributed by atoms with Gasteiger partial charge in [-0.2, -0.15) is 0 Å². The van der Waals surface area contributed by atoms with E-state index in [1.165, 1.54) is 0 Å². The highest BCUT2D eigenvalue weighted by Crippen LogP contribution is 2.32. The SMILES string of the molecule is CCCOCC(=O)N1C[C@@H]2OC(=O)N(C3CCN(C(C)C)CC3)[C@@H]2C1. The lowest BCUT2D eigenvalue weighted by Crippen LogP contribution is -2.51. The fourth-order valence-electron chi connectivity index (χ4n) is 4.16. The predicted molar refractivity (Wildman–Crippen MR) is 93.3 cm³/mol. The van der Waals surface area contributed by atoms with E-state index in [1.54, 1.807) is 4.90 Å². The van der Waals surface area contributed by atoms with Crippen LogP contribution in [0, 0.1) is 0 Å². The van der Waals surface area contributed by atoms with Crippen LogP contribution in [-0.2, 0) is 14.3 Å². The molecule has 25 heavy (non-hydrogen) atoms. The normalized spacial score (nSPS) is 27.9. The minimum absolute atomic E-state index is 0.00164. The van der Waals surface area contributed by atoms with Crippen molar-refractivity contribution in [2.45, 2.75) is 64.3 Å². The number of fused-ring (bicyclic) bond motifs is 1. The molecule has 0 aromatic rings. The summed E-state index contributed by atoms with van der Waals surface area (Å²) in [7, 11) is 0. The number of rotatable bonds is 6. The molecule has 3 fully saturated rings. The second-order valence-electron chi connectivity index (χ2n) is 7.61. The van der Waals surface area contributed by atoms with Crippen LogP contribution in [0.5, 0.6) is 0 Å². The zero-order valence-corrected chi connectivity index (χ0v) is 15.6. The number of nitrogens with zero attached hydrogens (tertiary/aromatic N) is 3. The molecule has 3 rings (SSSR count). The minimum atomic E-state index is -0.202. The number of amides is 2. The van der Waals surface area contributed by atoms with E-state index in [2.05, 4.69) is 18.7 Å². The van der Waals surface area contributed by atoms with Gasteiger partial charge in [0.15, 0.2) is 0 Å². The van der Waals surface area contributed by atoms with Gasteiger partial charge >= 0.3 is 6.09 Å². The summed E-state index contributed by atoms with van der Waals surface area (Å²) < 4.78 is 10.9. The Balaban J connectivity index is 1.56. The van der Waals surface area contributed by atoms with Crippen molar-refractivity contribution in [3.63, 3.8) is 0 Å². The molecule has 2 amide bonds. The van der Waals surface area contributed by atoms with Crippen molar-refractivity contribution in [2.24, 2.45) is 0 Å². The quantitative estimate of drug-likeness (QED) is 0.674. The van der Waals surface area contributed by atoms with E-state index >= 15 is 0 Å². The molecule has 0 aliphatic carbocycles. The Hall–Kier alpha value is -1.34. The molecule has 0 spiro atoms. The van der Waals surface area contributed by atoms with Crippen molar-refractivity contribution in [1.82, 2.24) is 14.7 Å². The maximum atomic E-state index is 12.4. The average molecular weight is 353 g/mol. The maximum Gasteiger partial charge on any atom is 0.410 e. The first-order chi connectivity index (χ1) is 12.0. The van der Waals surface area contributed by atoms with Gasteiger partial charge in [-0.15, -0.1) is 0 Å². The molecule has 7 nitrogen and oxygen atoms in total. The highest BCUT2D eigenvalue weighted by Gasteiger charge is 2.51. The molecule has 0 aromatic heterocycles. The smallest absolute Gasteiger partial charge is 0.410 e. The first-order valence-electron chi connectivity index (χ1n) is 9.59. The molecule has 0 aromatic carbocycles. The lowest BCUT2D eigenvalue weighted by molar-refractivity contribution is -0.135. The molecule has 0 N–H and O–H groups in total. The van der Waals surface area contributed by atoms with Crippen molar-refractivity contribution < 1.29 is 19.1 Å². The van der Waals surface area contributed by atoms with Crippen LogP contribution in [0.25, 0.3) is 0 Å². The van der Waals surface area contributed by atoms with Crippen LogP contribution in [0.1, 0.15) is 40.0 Å². The third-order valence-corrected chi connectivity index (χ3v) is 5.61. The number of hydrogen-bond donors (Lipinski definition) is 0. The van der Waals surface area contributed by atoms with Crippen molar-refractivity contribution in [1.29, 1.82) is 0 Å². The molecule has 3 aliphatic heterocycles. The molecule has 2 atom stereocenters. The summed E-state index contributed by atoms with van der Waals surface area (Å²) in [6.07, 6.45) is 2.46. The molecule has 0 radical (unpaired) electrons. The third-order valence-electron chi connectivity index (χ3n) is 5.61. The molecule has 142 valence electrons. The summed E-state index contributed by atoms with van der Waals surface area (Å²) in [4.78, 5) is 30.8. The van der Waals surface area contributed by atoms with Crippen LogP contribution in [0.3, 0.4) is 0 Å². The molecular formula is C18H31N3O4. The highest BCUT2D eigenvalue weighted by atomic mass is 16.6. The molecular weight excluding hydrogens is 322 g/mol. The van der Waals surface area contributed by atoms with Crippen molar-refractivity contribution in [3.05, 3.63) is 0 Å². The molecule has 0 unspecified atom stereocenters. The number of carbonyl (C=O) groups is 2. The Morgan fingerprint density at radius 3 is 2.64 bits per heavy atom. The van der Waals surface area contributed by atoms with Crippen molar-refractivity contribution >= 4 is 12.0 Å². The summed E-state index contributed by atoms with van der Waals surface area (Å²) in [6, 6.07) is 0.768. The van der Waals surface area contributed by atoms with Gasteiger partial charge in [-0.25, -0.2) is 4.79 Å². The topological polar surface area (TPSA) is 62.3 Å². The average Bonchev–Trinajstić information content (AvgIpc) is 3.11. The van der Waals surface area contributed by atoms with Crippen LogP contribution < -0.4 is 0 Å². The number of piperidine rings is 1. The van der Waals surface area contributed by atoms with Crippen molar-refractivity contribution in [3.8, 4) is 0 Å². The summed E-state index contributed by atoms with van der Waals surface area (Å²) in [5.41, 5.74) is 0. The van der Waals surface area contributed by atoms with E-state index in [9.17, 15) is 9.59 Å². The molecule has 0 bridgehead atoms. The second-order valence-corrected chi connectivity index (χ2v) is 7.61. The van der Waals surface area contributed by atoms with Gasteiger partial charge in [0, 0.05) is 38.3 Å². The van der Waals surface area contributed by atoms with E-state index in [1.807, 2.05) is 11.8 Å². The number of hydrogen-bond acceptors (Lipinski definition) is 5. The fraction of sp³-hybridized carbons (Fsp3) is 0.889.